The number of aromatic nitrogens is 2. The normalized spacial score (nSPS) is 10.8. The van der Waals surface area contributed by atoms with Crippen LogP contribution in [-0.2, 0) is 6.54 Å². The predicted octanol–water partition coefficient (Wildman–Crippen LogP) is 2.49. The molecule has 17 heavy (non-hydrogen) atoms. The minimum atomic E-state index is -1.01. The molecule has 2 aromatic heterocycles. The van der Waals surface area contributed by atoms with E-state index in [1.807, 2.05) is 6.92 Å². The number of carboxylic acid groups (broad SMARTS) is 1. The number of furan rings is 1. The van der Waals surface area contributed by atoms with E-state index in [0.29, 0.717) is 16.5 Å². The van der Waals surface area contributed by atoms with Gasteiger partial charge in [0.2, 0.25) is 0 Å². The van der Waals surface area contributed by atoms with Gasteiger partial charge in [0.15, 0.2) is 0 Å². The topological polar surface area (TPSA) is 68.3 Å². The Morgan fingerprint density at radius 3 is 2.82 bits per heavy atom. The van der Waals surface area contributed by atoms with Crippen molar-refractivity contribution in [2.24, 2.45) is 0 Å². The fourth-order valence-corrected chi connectivity index (χ4v) is 1.75. The van der Waals surface area contributed by atoms with E-state index in [1.54, 1.807) is 11.6 Å². The van der Waals surface area contributed by atoms with Crippen LogP contribution >= 0.6 is 11.6 Å². The molecule has 0 aromatic carbocycles. The van der Waals surface area contributed by atoms with Gasteiger partial charge in [0.05, 0.1) is 22.7 Å². The number of aryl methyl sites for hydroxylation is 1. The molecule has 2 rings (SSSR count). The van der Waals surface area contributed by atoms with E-state index in [-0.39, 0.29) is 12.1 Å². The van der Waals surface area contributed by atoms with Crippen LogP contribution in [0.15, 0.2) is 16.7 Å². The molecule has 2 heterocycles. The van der Waals surface area contributed by atoms with Crippen LogP contribution in [0.2, 0.25) is 5.02 Å². The van der Waals surface area contributed by atoms with E-state index in [9.17, 15) is 4.79 Å². The van der Waals surface area contributed by atoms with Crippen molar-refractivity contribution in [2.75, 3.05) is 0 Å². The highest BCUT2D eigenvalue weighted by molar-refractivity contribution is 6.31. The Morgan fingerprint density at radius 1 is 1.59 bits per heavy atom. The Bertz CT molecular complexity index is 571. The number of aromatic carboxylic acids is 1. The third-order valence-corrected chi connectivity index (χ3v) is 3.11. The average molecular weight is 255 g/mol. The van der Waals surface area contributed by atoms with Crippen molar-refractivity contribution in [1.82, 2.24) is 9.78 Å². The fraction of sp³-hybridized carbons (Fsp3) is 0.273. The molecular formula is C11H11ClN2O3. The SMILES string of the molecule is Cc1nn(Cc2occc2C(=O)O)c(C)c1Cl. The minimum Gasteiger partial charge on any atom is -0.478 e. The molecular weight excluding hydrogens is 244 g/mol. The highest BCUT2D eigenvalue weighted by Gasteiger charge is 2.16. The van der Waals surface area contributed by atoms with Crippen LogP contribution < -0.4 is 0 Å². The first-order valence-electron chi connectivity index (χ1n) is 5.00. The van der Waals surface area contributed by atoms with Crippen molar-refractivity contribution >= 4 is 17.6 Å². The van der Waals surface area contributed by atoms with E-state index >= 15 is 0 Å². The van der Waals surface area contributed by atoms with Crippen molar-refractivity contribution in [3.63, 3.8) is 0 Å². The molecule has 2 aromatic rings. The number of hydrogen-bond acceptors (Lipinski definition) is 3. The van der Waals surface area contributed by atoms with Gasteiger partial charge in [0.25, 0.3) is 0 Å². The van der Waals surface area contributed by atoms with E-state index in [0.717, 1.165) is 5.69 Å². The van der Waals surface area contributed by atoms with Crippen LogP contribution in [0, 0.1) is 13.8 Å². The molecule has 0 aliphatic rings. The second-order valence-corrected chi connectivity index (χ2v) is 4.08. The maximum absolute atomic E-state index is 10.9. The maximum atomic E-state index is 10.9. The first kappa shape index (κ1) is 11.7. The maximum Gasteiger partial charge on any atom is 0.339 e. The summed E-state index contributed by atoms with van der Waals surface area (Å²) in [5.41, 5.74) is 1.65. The predicted molar refractivity (Wildman–Crippen MR) is 61.5 cm³/mol. The van der Waals surface area contributed by atoms with Crippen molar-refractivity contribution in [1.29, 1.82) is 0 Å². The lowest BCUT2D eigenvalue weighted by molar-refractivity contribution is 0.0694. The molecule has 0 fully saturated rings. The minimum absolute atomic E-state index is 0.147. The van der Waals surface area contributed by atoms with Crippen LogP contribution in [0.25, 0.3) is 0 Å². The fourth-order valence-electron chi connectivity index (χ4n) is 1.62. The lowest BCUT2D eigenvalue weighted by Gasteiger charge is -2.02. The Kier molecular flexibility index (Phi) is 2.93. The molecule has 0 radical (unpaired) electrons. The Balaban J connectivity index is 2.35. The molecule has 0 saturated heterocycles. The third-order valence-electron chi connectivity index (χ3n) is 2.56. The largest absolute Gasteiger partial charge is 0.478 e. The zero-order valence-corrected chi connectivity index (χ0v) is 10.2. The first-order chi connectivity index (χ1) is 8.00. The van der Waals surface area contributed by atoms with E-state index in [1.165, 1.54) is 12.3 Å². The van der Waals surface area contributed by atoms with Gasteiger partial charge in [-0.3, -0.25) is 4.68 Å². The molecule has 0 amide bonds. The second kappa shape index (κ2) is 4.25. The zero-order valence-electron chi connectivity index (χ0n) is 9.40. The highest BCUT2D eigenvalue weighted by atomic mass is 35.5. The van der Waals surface area contributed by atoms with E-state index in [4.69, 9.17) is 21.1 Å². The van der Waals surface area contributed by atoms with Crippen LogP contribution in [-0.4, -0.2) is 20.9 Å². The summed E-state index contributed by atoms with van der Waals surface area (Å²) in [6.45, 7) is 3.88. The Hall–Kier alpha value is -1.75. The van der Waals surface area contributed by atoms with Gasteiger partial charge in [-0.1, -0.05) is 11.6 Å². The molecule has 0 aliphatic heterocycles. The van der Waals surface area contributed by atoms with Crippen LogP contribution in [0.1, 0.15) is 27.5 Å². The molecule has 0 atom stereocenters. The van der Waals surface area contributed by atoms with Gasteiger partial charge in [-0.15, -0.1) is 0 Å². The summed E-state index contributed by atoms with van der Waals surface area (Å²) in [4.78, 5) is 10.9. The van der Waals surface area contributed by atoms with Crippen LogP contribution in [0.5, 0.6) is 0 Å². The summed E-state index contributed by atoms with van der Waals surface area (Å²) in [7, 11) is 0. The lowest BCUT2D eigenvalue weighted by Crippen LogP contribution is -2.07. The van der Waals surface area contributed by atoms with Gasteiger partial charge < -0.3 is 9.52 Å². The standard InChI is InChI=1S/C11H11ClN2O3/c1-6-10(12)7(2)14(13-6)5-9-8(11(15)16)3-4-17-9/h3-4H,5H2,1-2H3,(H,15,16). The molecule has 90 valence electrons. The first-order valence-corrected chi connectivity index (χ1v) is 5.37. The number of hydrogen-bond donors (Lipinski definition) is 1. The highest BCUT2D eigenvalue weighted by Crippen LogP contribution is 2.21. The molecule has 0 bridgehead atoms. The third kappa shape index (κ3) is 2.06. The van der Waals surface area contributed by atoms with Crippen LogP contribution in [0.4, 0.5) is 0 Å². The quantitative estimate of drug-likeness (QED) is 0.914. The summed E-state index contributed by atoms with van der Waals surface area (Å²) >= 11 is 6.01. The van der Waals surface area contributed by atoms with E-state index in [2.05, 4.69) is 5.10 Å². The van der Waals surface area contributed by atoms with Gasteiger partial charge in [-0.05, 0) is 19.9 Å². The van der Waals surface area contributed by atoms with Gasteiger partial charge in [0, 0.05) is 0 Å². The van der Waals surface area contributed by atoms with Crippen molar-refractivity contribution in [3.05, 3.63) is 40.1 Å². The van der Waals surface area contributed by atoms with Crippen molar-refractivity contribution < 1.29 is 14.3 Å². The molecule has 0 saturated carbocycles. The molecule has 1 N–H and O–H groups in total. The summed E-state index contributed by atoms with van der Waals surface area (Å²) < 4.78 is 6.78. The molecule has 5 nitrogen and oxygen atoms in total. The zero-order chi connectivity index (χ0) is 12.6. The molecule has 6 heteroatoms. The van der Waals surface area contributed by atoms with Gasteiger partial charge in [-0.25, -0.2) is 4.79 Å². The summed E-state index contributed by atoms with van der Waals surface area (Å²) in [6.07, 6.45) is 1.35. The lowest BCUT2D eigenvalue weighted by atomic mass is 10.2. The number of carbonyl (C=O) groups is 1. The number of nitrogens with zero attached hydrogens (tertiary/aromatic N) is 2. The molecule has 0 unspecified atom stereocenters. The Morgan fingerprint density at radius 2 is 2.29 bits per heavy atom. The smallest absolute Gasteiger partial charge is 0.339 e. The van der Waals surface area contributed by atoms with Gasteiger partial charge >= 0.3 is 5.97 Å². The van der Waals surface area contributed by atoms with Crippen molar-refractivity contribution in [3.8, 4) is 0 Å². The van der Waals surface area contributed by atoms with E-state index < -0.39 is 5.97 Å². The number of carboxylic acids is 1. The summed E-state index contributed by atoms with van der Waals surface area (Å²) in [6, 6.07) is 1.42. The van der Waals surface area contributed by atoms with Crippen molar-refractivity contribution in [2.45, 2.75) is 20.4 Å². The summed E-state index contributed by atoms with van der Waals surface area (Å²) in [5, 5.41) is 13.8. The van der Waals surface area contributed by atoms with Gasteiger partial charge in [0.1, 0.15) is 17.9 Å². The average Bonchev–Trinajstić information content (AvgIpc) is 2.81. The monoisotopic (exact) mass is 254 g/mol. The Labute approximate surface area is 103 Å². The molecule has 0 spiro atoms. The summed E-state index contributed by atoms with van der Waals surface area (Å²) in [5.74, 6) is -0.652. The second-order valence-electron chi connectivity index (χ2n) is 3.71. The number of rotatable bonds is 3. The van der Waals surface area contributed by atoms with Crippen LogP contribution in [0.3, 0.4) is 0 Å². The van der Waals surface area contributed by atoms with Gasteiger partial charge in [-0.2, -0.15) is 5.10 Å². The molecule has 0 aliphatic carbocycles. The number of halogens is 1.